The Morgan fingerprint density at radius 2 is 1.95 bits per heavy atom. The average Bonchev–Trinajstić information content (AvgIpc) is 2.95. The van der Waals surface area contributed by atoms with Crippen molar-refractivity contribution in [2.75, 3.05) is 0 Å². The highest BCUT2D eigenvalue weighted by atomic mass is 15.1. The molecule has 1 unspecified atom stereocenters. The van der Waals surface area contributed by atoms with Gasteiger partial charge in [0.05, 0.1) is 18.1 Å². The van der Waals surface area contributed by atoms with Crippen LogP contribution in [0.5, 0.6) is 0 Å². The van der Waals surface area contributed by atoms with Gasteiger partial charge in [0.15, 0.2) is 0 Å². The summed E-state index contributed by atoms with van der Waals surface area (Å²) in [5, 5.41) is 0. The molecular formula is C17H25N3. The summed E-state index contributed by atoms with van der Waals surface area (Å²) in [6, 6.07) is 10.9. The zero-order valence-corrected chi connectivity index (χ0v) is 12.5. The molecule has 2 atom stereocenters. The van der Waals surface area contributed by atoms with Gasteiger partial charge in [-0.2, -0.15) is 0 Å². The molecule has 1 aromatic carbocycles. The van der Waals surface area contributed by atoms with Crippen molar-refractivity contribution >= 4 is 0 Å². The molecule has 20 heavy (non-hydrogen) atoms. The molecule has 0 radical (unpaired) electrons. The molecular weight excluding hydrogens is 246 g/mol. The van der Waals surface area contributed by atoms with E-state index in [4.69, 9.17) is 5.73 Å². The molecule has 2 aromatic rings. The molecule has 0 fully saturated rings. The summed E-state index contributed by atoms with van der Waals surface area (Å²) in [7, 11) is 0. The molecule has 2 N–H and O–H groups in total. The van der Waals surface area contributed by atoms with Crippen LogP contribution >= 0.6 is 0 Å². The molecule has 0 saturated heterocycles. The van der Waals surface area contributed by atoms with Gasteiger partial charge in [0, 0.05) is 12.2 Å². The summed E-state index contributed by atoms with van der Waals surface area (Å²) in [5.74, 6) is 0. The molecule has 3 nitrogen and oxygen atoms in total. The lowest BCUT2D eigenvalue weighted by atomic mass is 10.0. The summed E-state index contributed by atoms with van der Waals surface area (Å²) >= 11 is 0. The van der Waals surface area contributed by atoms with E-state index in [1.165, 1.54) is 18.4 Å². The molecule has 0 aliphatic rings. The lowest BCUT2D eigenvalue weighted by molar-refractivity contribution is 0.425. The third kappa shape index (κ3) is 3.48. The van der Waals surface area contributed by atoms with Gasteiger partial charge in [0.25, 0.3) is 0 Å². The Morgan fingerprint density at radius 3 is 2.60 bits per heavy atom. The van der Waals surface area contributed by atoms with E-state index in [1.54, 1.807) is 0 Å². The Kier molecular flexibility index (Phi) is 5.36. The number of nitrogens with zero attached hydrogens (tertiary/aromatic N) is 2. The molecule has 0 spiro atoms. The second kappa shape index (κ2) is 7.25. The third-order valence-corrected chi connectivity index (χ3v) is 3.86. The molecule has 2 rings (SSSR count). The number of aromatic nitrogens is 2. The van der Waals surface area contributed by atoms with Gasteiger partial charge in [-0.1, -0.05) is 50.6 Å². The van der Waals surface area contributed by atoms with Crippen molar-refractivity contribution < 1.29 is 0 Å². The van der Waals surface area contributed by atoms with Gasteiger partial charge < -0.3 is 10.3 Å². The normalized spacial score (nSPS) is 14.2. The maximum Gasteiger partial charge on any atom is 0.0951 e. The van der Waals surface area contributed by atoms with Gasteiger partial charge in [-0.05, 0) is 24.8 Å². The lowest BCUT2D eigenvalue weighted by Crippen LogP contribution is -2.20. The molecule has 0 amide bonds. The molecule has 108 valence electrons. The van der Waals surface area contributed by atoms with Gasteiger partial charge >= 0.3 is 0 Å². The van der Waals surface area contributed by atoms with Crippen molar-refractivity contribution in [3.63, 3.8) is 0 Å². The SMILES string of the molecule is CCCC(CC)n1cncc1[C@H](N)Cc1ccccc1. The summed E-state index contributed by atoms with van der Waals surface area (Å²) < 4.78 is 2.27. The Balaban J connectivity index is 2.14. The summed E-state index contributed by atoms with van der Waals surface area (Å²) in [6.45, 7) is 4.45. The minimum atomic E-state index is 0.00538. The van der Waals surface area contributed by atoms with Crippen molar-refractivity contribution in [1.82, 2.24) is 9.55 Å². The van der Waals surface area contributed by atoms with Gasteiger partial charge in [-0.3, -0.25) is 0 Å². The van der Waals surface area contributed by atoms with Gasteiger partial charge in [0.2, 0.25) is 0 Å². The average molecular weight is 271 g/mol. The number of rotatable bonds is 7. The Labute approximate surface area is 121 Å². The Hall–Kier alpha value is -1.61. The Bertz CT molecular complexity index is 504. The van der Waals surface area contributed by atoms with Crippen LogP contribution in [0.3, 0.4) is 0 Å². The van der Waals surface area contributed by atoms with E-state index in [0.29, 0.717) is 6.04 Å². The maximum atomic E-state index is 6.40. The first-order valence-corrected chi connectivity index (χ1v) is 7.57. The van der Waals surface area contributed by atoms with Crippen LogP contribution in [0.25, 0.3) is 0 Å². The lowest BCUT2D eigenvalue weighted by Gasteiger charge is -2.22. The Morgan fingerprint density at radius 1 is 1.20 bits per heavy atom. The van der Waals surface area contributed by atoms with E-state index in [0.717, 1.165) is 18.5 Å². The fourth-order valence-corrected chi connectivity index (χ4v) is 2.75. The maximum absolute atomic E-state index is 6.40. The smallest absolute Gasteiger partial charge is 0.0951 e. The van der Waals surface area contributed by atoms with Crippen LogP contribution in [0.15, 0.2) is 42.9 Å². The monoisotopic (exact) mass is 271 g/mol. The third-order valence-electron chi connectivity index (χ3n) is 3.86. The van der Waals surface area contributed by atoms with Crippen molar-refractivity contribution in [3.8, 4) is 0 Å². The summed E-state index contributed by atoms with van der Waals surface area (Å²) in [4.78, 5) is 4.32. The van der Waals surface area contributed by atoms with Crippen LogP contribution in [-0.2, 0) is 6.42 Å². The standard InChI is InChI=1S/C17H25N3/c1-3-8-15(4-2)20-13-19-12-17(20)16(18)11-14-9-6-5-7-10-14/h5-7,9-10,12-13,15-16H,3-4,8,11,18H2,1-2H3/t15?,16-/m1/s1. The van der Waals surface area contributed by atoms with E-state index in [1.807, 2.05) is 18.6 Å². The summed E-state index contributed by atoms with van der Waals surface area (Å²) in [5.41, 5.74) is 8.82. The first-order valence-electron chi connectivity index (χ1n) is 7.57. The predicted octanol–water partition coefficient (Wildman–Crippen LogP) is 3.88. The zero-order chi connectivity index (χ0) is 14.4. The predicted molar refractivity (Wildman–Crippen MR) is 83.5 cm³/mol. The van der Waals surface area contributed by atoms with Crippen LogP contribution in [0.1, 0.15) is 56.5 Å². The fourth-order valence-electron chi connectivity index (χ4n) is 2.75. The van der Waals surface area contributed by atoms with Crippen molar-refractivity contribution in [2.45, 2.75) is 51.6 Å². The molecule has 0 aliphatic carbocycles. The molecule has 3 heteroatoms. The molecule has 1 aromatic heterocycles. The molecule has 0 bridgehead atoms. The quantitative estimate of drug-likeness (QED) is 0.830. The van der Waals surface area contributed by atoms with Crippen molar-refractivity contribution in [2.24, 2.45) is 5.73 Å². The van der Waals surface area contributed by atoms with E-state index in [9.17, 15) is 0 Å². The van der Waals surface area contributed by atoms with Crippen LogP contribution in [-0.4, -0.2) is 9.55 Å². The van der Waals surface area contributed by atoms with Gasteiger partial charge in [0.1, 0.15) is 0 Å². The van der Waals surface area contributed by atoms with E-state index >= 15 is 0 Å². The summed E-state index contributed by atoms with van der Waals surface area (Å²) in [6.07, 6.45) is 8.20. The van der Waals surface area contributed by atoms with Crippen LogP contribution in [0.4, 0.5) is 0 Å². The zero-order valence-electron chi connectivity index (χ0n) is 12.5. The van der Waals surface area contributed by atoms with E-state index in [-0.39, 0.29) is 6.04 Å². The minimum Gasteiger partial charge on any atom is -0.330 e. The topological polar surface area (TPSA) is 43.8 Å². The number of hydrogen-bond acceptors (Lipinski definition) is 2. The number of benzene rings is 1. The fraction of sp³-hybridized carbons (Fsp3) is 0.471. The highest BCUT2D eigenvalue weighted by molar-refractivity contribution is 5.18. The number of imidazole rings is 1. The number of nitrogens with two attached hydrogens (primary N) is 1. The first kappa shape index (κ1) is 14.8. The second-order valence-corrected chi connectivity index (χ2v) is 5.37. The minimum absolute atomic E-state index is 0.00538. The highest BCUT2D eigenvalue weighted by Crippen LogP contribution is 2.24. The molecule has 0 aliphatic heterocycles. The van der Waals surface area contributed by atoms with E-state index in [2.05, 4.69) is 47.7 Å². The second-order valence-electron chi connectivity index (χ2n) is 5.37. The van der Waals surface area contributed by atoms with Crippen LogP contribution < -0.4 is 5.73 Å². The number of hydrogen-bond donors (Lipinski definition) is 1. The highest BCUT2D eigenvalue weighted by Gasteiger charge is 2.17. The molecule has 1 heterocycles. The largest absolute Gasteiger partial charge is 0.330 e. The van der Waals surface area contributed by atoms with Gasteiger partial charge in [-0.25, -0.2) is 4.98 Å². The van der Waals surface area contributed by atoms with Crippen molar-refractivity contribution in [1.29, 1.82) is 0 Å². The first-order chi connectivity index (χ1) is 9.76. The molecule has 0 saturated carbocycles. The van der Waals surface area contributed by atoms with Crippen LogP contribution in [0, 0.1) is 0 Å². The van der Waals surface area contributed by atoms with E-state index < -0.39 is 0 Å². The van der Waals surface area contributed by atoms with Crippen LogP contribution in [0.2, 0.25) is 0 Å². The van der Waals surface area contributed by atoms with Crippen molar-refractivity contribution in [3.05, 3.63) is 54.1 Å². The van der Waals surface area contributed by atoms with Gasteiger partial charge in [-0.15, -0.1) is 0 Å².